The van der Waals surface area contributed by atoms with Crippen LogP contribution in [0, 0.1) is 0 Å². The second kappa shape index (κ2) is 6.36. The first-order valence-electron chi connectivity index (χ1n) is 6.05. The molecule has 1 amide bonds. The summed E-state index contributed by atoms with van der Waals surface area (Å²) in [6, 6.07) is 4.92. The van der Waals surface area contributed by atoms with Crippen molar-refractivity contribution >= 4 is 5.91 Å². The van der Waals surface area contributed by atoms with Gasteiger partial charge < -0.3 is 23.7 Å². The van der Waals surface area contributed by atoms with Gasteiger partial charge in [0.05, 0.1) is 19.0 Å². The minimum Gasteiger partial charge on any atom is -0.461 e. The van der Waals surface area contributed by atoms with E-state index in [0.717, 1.165) is 0 Å². The van der Waals surface area contributed by atoms with Gasteiger partial charge in [0.15, 0.2) is 11.5 Å². The number of carbonyl (C=O) groups is 1. The predicted molar refractivity (Wildman–Crippen MR) is 69.0 cm³/mol. The average molecular weight is 280 g/mol. The molecule has 20 heavy (non-hydrogen) atoms. The van der Waals surface area contributed by atoms with E-state index in [9.17, 15) is 9.90 Å². The number of likely N-dealkylation sites (N-methyl/N-ethyl adjacent to an activating group) is 1. The topological polar surface area (TPSA) is 88.9 Å². The van der Waals surface area contributed by atoms with Crippen LogP contribution < -0.4 is 0 Å². The molecule has 0 spiro atoms. The van der Waals surface area contributed by atoms with Crippen molar-refractivity contribution in [1.29, 1.82) is 0 Å². The van der Waals surface area contributed by atoms with Crippen LogP contribution in [0.4, 0.5) is 0 Å². The fraction of sp³-hybridized carbons (Fsp3) is 0.385. The molecule has 0 saturated heterocycles. The van der Waals surface area contributed by atoms with Gasteiger partial charge in [0.2, 0.25) is 5.76 Å². The Labute approximate surface area is 115 Å². The lowest BCUT2D eigenvalue weighted by Crippen LogP contribution is -2.36. The minimum absolute atomic E-state index is 0.148. The van der Waals surface area contributed by atoms with Crippen LogP contribution in [0.3, 0.4) is 0 Å². The van der Waals surface area contributed by atoms with Crippen molar-refractivity contribution < 1.29 is 23.6 Å². The smallest absolute Gasteiger partial charge is 0.275 e. The van der Waals surface area contributed by atoms with E-state index in [1.807, 2.05) is 0 Å². The summed E-state index contributed by atoms with van der Waals surface area (Å²) < 4.78 is 15.0. The molecule has 7 heteroatoms. The molecule has 0 aliphatic heterocycles. The van der Waals surface area contributed by atoms with Crippen LogP contribution in [0.2, 0.25) is 0 Å². The number of carbonyl (C=O) groups excluding carboxylic acids is 1. The number of nitrogens with zero attached hydrogens (tertiary/aromatic N) is 2. The van der Waals surface area contributed by atoms with E-state index in [-0.39, 0.29) is 24.8 Å². The zero-order valence-corrected chi connectivity index (χ0v) is 11.3. The lowest BCUT2D eigenvalue weighted by atomic mass is 10.2. The lowest BCUT2D eigenvalue weighted by Gasteiger charge is -2.19. The van der Waals surface area contributed by atoms with Gasteiger partial charge in [-0.2, -0.15) is 0 Å². The van der Waals surface area contributed by atoms with Crippen LogP contribution in [0.1, 0.15) is 10.5 Å². The molecule has 0 aliphatic carbocycles. The van der Waals surface area contributed by atoms with E-state index in [0.29, 0.717) is 11.5 Å². The Bertz CT molecular complexity index is 549. The number of hydrogen-bond acceptors (Lipinski definition) is 6. The molecule has 0 saturated carbocycles. The highest BCUT2D eigenvalue weighted by Crippen LogP contribution is 2.20. The normalized spacial score (nSPS) is 12.3. The Morgan fingerprint density at radius 3 is 3.00 bits per heavy atom. The highest BCUT2D eigenvalue weighted by Gasteiger charge is 2.20. The molecule has 108 valence electrons. The van der Waals surface area contributed by atoms with Gasteiger partial charge in [0, 0.05) is 26.8 Å². The first-order chi connectivity index (χ1) is 9.61. The Morgan fingerprint density at radius 1 is 1.55 bits per heavy atom. The number of aromatic nitrogens is 1. The van der Waals surface area contributed by atoms with Gasteiger partial charge in [-0.3, -0.25) is 4.79 Å². The number of amides is 1. The summed E-state index contributed by atoms with van der Waals surface area (Å²) in [7, 11) is 3.06. The van der Waals surface area contributed by atoms with Gasteiger partial charge in [-0.1, -0.05) is 5.16 Å². The van der Waals surface area contributed by atoms with E-state index in [4.69, 9.17) is 13.7 Å². The Hall–Kier alpha value is -2.12. The van der Waals surface area contributed by atoms with Crippen LogP contribution in [0.15, 0.2) is 33.4 Å². The van der Waals surface area contributed by atoms with Crippen molar-refractivity contribution in [1.82, 2.24) is 10.1 Å². The molecule has 1 unspecified atom stereocenters. The SMILES string of the molecule is COCC(O)CN(C)C(=O)c1cc(-c2ccco2)on1. The highest BCUT2D eigenvalue weighted by molar-refractivity contribution is 5.92. The fourth-order valence-corrected chi connectivity index (χ4v) is 1.75. The quantitative estimate of drug-likeness (QED) is 0.849. The number of ether oxygens (including phenoxy) is 1. The van der Waals surface area contributed by atoms with E-state index < -0.39 is 6.10 Å². The summed E-state index contributed by atoms with van der Waals surface area (Å²) >= 11 is 0. The molecule has 0 bridgehead atoms. The molecule has 1 atom stereocenters. The zero-order valence-electron chi connectivity index (χ0n) is 11.3. The molecular formula is C13H16N2O5. The zero-order chi connectivity index (χ0) is 14.5. The first-order valence-corrected chi connectivity index (χ1v) is 6.05. The summed E-state index contributed by atoms with van der Waals surface area (Å²) in [5.74, 6) is 0.532. The lowest BCUT2D eigenvalue weighted by molar-refractivity contribution is 0.0376. The standard InChI is InChI=1S/C13H16N2O5/c1-15(7-9(16)8-18-2)13(17)10-6-12(20-14-10)11-4-3-5-19-11/h3-6,9,16H,7-8H2,1-2H3. The van der Waals surface area contributed by atoms with Gasteiger partial charge in [-0.15, -0.1) is 0 Å². The van der Waals surface area contributed by atoms with Crippen LogP contribution in [0.25, 0.3) is 11.5 Å². The molecule has 2 heterocycles. The van der Waals surface area contributed by atoms with Crippen LogP contribution in [0.5, 0.6) is 0 Å². The van der Waals surface area contributed by atoms with Crippen molar-refractivity contribution in [2.45, 2.75) is 6.10 Å². The third-order valence-corrected chi connectivity index (χ3v) is 2.68. The molecule has 2 rings (SSSR count). The van der Waals surface area contributed by atoms with E-state index in [1.165, 1.54) is 24.3 Å². The monoisotopic (exact) mass is 280 g/mol. The van der Waals surface area contributed by atoms with Crippen molar-refractivity contribution in [3.8, 4) is 11.5 Å². The van der Waals surface area contributed by atoms with Crippen LogP contribution in [-0.2, 0) is 4.74 Å². The summed E-state index contributed by atoms with van der Waals surface area (Å²) in [5, 5.41) is 13.3. The summed E-state index contributed by atoms with van der Waals surface area (Å²) in [6.45, 7) is 0.309. The maximum atomic E-state index is 12.1. The van der Waals surface area contributed by atoms with Crippen molar-refractivity contribution in [2.24, 2.45) is 0 Å². The molecule has 0 radical (unpaired) electrons. The second-order valence-corrected chi connectivity index (χ2v) is 4.35. The minimum atomic E-state index is -0.745. The van der Waals surface area contributed by atoms with Gasteiger partial charge in [-0.25, -0.2) is 0 Å². The van der Waals surface area contributed by atoms with Gasteiger partial charge in [0.25, 0.3) is 5.91 Å². The molecule has 1 N–H and O–H groups in total. The van der Waals surface area contributed by atoms with Gasteiger partial charge in [-0.05, 0) is 12.1 Å². The molecule has 2 aromatic rings. The highest BCUT2D eigenvalue weighted by atomic mass is 16.5. The predicted octanol–water partition coefficient (Wildman–Crippen LogP) is 1.01. The Morgan fingerprint density at radius 2 is 2.35 bits per heavy atom. The summed E-state index contributed by atoms with van der Waals surface area (Å²) in [4.78, 5) is 13.4. The molecule has 2 aromatic heterocycles. The molecular weight excluding hydrogens is 264 g/mol. The number of rotatable bonds is 6. The maximum Gasteiger partial charge on any atom is 0.275 e. The number of methoxy groups -OCH3 is 1. The van der Waals surface area contributed by atoms with Crippen molar-refractivity contribution in [3.05, 3.63) is 30.2 Å². The number of furan rings is 1. The van der Waals surface area contributed by atoms with Crippen molar-refractivity contribution in [3.63, 3.8) is 0 Å². The van der Waals surface area contributed by atoms with Crippen LogP contribution in [-0.4, -0.2) is 54.5 Å². The van der Waals surface area contributed by atoms with E-state index >= 15 is 0 Å². The van der Waals surface area contributed by atoms with Crippen LogP contribution >= 0.6 is 0 Å². The molecule has 0 fully saturated rings. The van der Waals surface area contributed by atoms with Gasteiger partial charge >= 0.3 is 0 Å². The largest absolute Gasteiger partial charge is 0.461 e. The fourth-order valence-electron chi connectivity index (χ4n) is 1.75. The Balaban J connectivity index is 2.02. The molecule has 7 nitrogen and oxygen atoms in total. The average Bonchev–Trinajstić information content (AvgIpc) is 3.08. The Kier molecular flexibility index (Phi) is 4.54. The second-order valence-electron chi connectivity index (χ2n) is 4.35. The number of aliphatic hydroxyl groups is 1. The third-order valence-electron chi connectivity index (χ3n) is 2.68. The van der Waals surface area contributed by atoms with E-state index in [1.54, 1.807) is 19.2 Å². The molecule has 0 aromatic carbocycles. The molecule has 0 aliphatic rings. The third kappa shape index (κ3) is 3.25. The maximum absolute atomic E-state index is 12.1. The van der Waals surface area contributed by atoms with Crippen molar-refractivity contribution in [2.75, 3.05) is 27.3 Å². The summed E-state index contributed by atoms with van der Waals surface area (Å²) in [6.07, 6.45) is 0.762. The van der Waals surface area contributed by atoms with Gasteiger partial charge in [0.1, 0.15) is 0 Å². The first kappa shape index (κ1) is 14.3. The number of hydrogen-bond donors (Lipinski definition) is 1. The number of aliphatic hydroxyl groups excluding tert-OH is 1. The van der Waals surface area contributed by atoms with E-state index in [2.05, 4.69) is 5.16 Å². The summed E-state index contributed by atoms with van der Waals surface area (Å²) in [5.41, 5.74) is 0.156.